The predicted molar refractivity (Wildman–Crippen MR) is 87.6 cm³/mol. The summed E-state index contributed by atoms with van der Waals surface area (Å²) in [6.45, 7) is 6.02. The minimum atomic E-state index is -0.544. The Morgan fingerprint density at radius 2 is 1.91 bits per heavy atom. The van der Waals surface area contributed by atoms with Gasteiger partial charge in [0.1, 0.15) is 5.94 Å². The van der Waals surface area contributed by atoms with E-state index in [1.165, 1.54) is 19.3 Å². The van der Waals surface area contributed by atoms with Gasteiger partial charge in [-0.3, -0.25) is 9.80 Å². The van der Waals surface area contributed by atoms with E-state index in [1.807, 2.05) is 32.8 Å². The number of carbonyl (C=O) groups is 1. The quantitative estimate of drug-likeness (QED) is 0.644. The third-order valence-corrected chi connectivity index (χ3v) is 4.22. The van der Waals surface area contributed by atoms with Gasteiger partial charge in [0.05, 0.1) is 17.0 Å². The molecule has 2 aliphatic rings. The van der Waals surface area contributed by atoms with Crippen LogP contribution in [0.1, 0.15) is 52.9 Å². The van der Waals surface area contributed by atoms with E-state index in [2.05, 4.69) is 5.43 Å². The lowest BCUT2D eigenvalue weighted by atomic mass is 9.92. The number of nitrogens with zero attached hydrogens (tertiary/aromatic N) is 1. The van der Waals surface area contributed by atoms with Crippen molar-refractivity contribution in [3.8, 4) is 0 Å². The van der Waals surface area contributed by atoms with E-state index in [4.69, 9.17) is 0 Å². The molecule has 1 N–H and O–H groups in total. The highest BCUT2D eigenvalue weighted by molar-refractivity contribution is 5.88. The lowest BCUT2D eigenvalue weighted by Gasteiger charge is -2.41. The van der Waals surface area contributed by atoms with Crippen molar-refractivity contribution in [1.82, 2.24) is 10.4 Å². The van der Waals surface area contributed by atoms with Gasteiger partial charge in [-0.25, -0.2) is 10.2 Å². The summed E-state index contributed by atoms with van der Waals surface area (Å²) in [6, 6.07) is 0.337. The van der Waals surface area contributed by atoms with Crippen molar-refractivity contribution >= 4 is 11.8 Å². The van der Waals surface area contributed by atoms with Crippen LogP contribution in [-0.2, 0) is 9.59 Å². The first-order valence-electron chi connectivity index (χ1n) is 8.13. The van der Waals surface area contributed by atoms with Crippen LogP contribution in [0.3, 0.4) is 0 Å². The number of hydrazine groups is 1. The molecule has 1 saturated carbocycles. The molecule has 2 aliphatic carbocycles. The molecule has 120 valence electrons. The van der Waals surface area contributed by atoms with Crippen molar-refractivity contribution in [2.45, 2.75) is 64.5 Å². The maximum atomic E-state index is 13.0. The van der Waals surface area contributed by atoms with Crippen LogP contribution in [0.25, 0.3) is 0 Å². The molecular formula is C18H26N2O2. The average Bonchev–Trinajstić information content (AvgIpc) is 2.52. The Balaban J connectivity index is 2.17. The summed E-state index contributed by atoms with van der Waals surface area (Å²) in [7, 11) is 0. The van der Waals surface area contributed by atoms with Crippen molar-refractivity contribution < 1.29 is 9.59 Å². The second kappa shape index (κ2) is 7.08. The summed E-state index contributed by atoms with van der Waals surface area (Å²) in [6.07, 6.45) is 12.9. The van der Waals surface area contributed by atoms with Crippen LogP contribution in [-0.4, -0.2) is 28.4 Å². The van der Waals surface area contributed by atoms with Crippen molar-refractivity contribution in [3.63, 3.8) is 0 Å². The Kier molecular flexibility index (Phi) is 5.38. The Morgan fingerprint density at radius 1 is 1.23 bits per heavy atom. The van der Waals surface area contributed by atoms with Gasteiger partial charge < -0.3 is 0 Å². The summed E-state index contributed by atoms with van der Waals surface area (Å²) in [5, 5.41) is 1.72. The zero-order chi connectivity index (χ0) is 16.2. The average molecular weight is 302 g/mol. The van der Waals surface area contributed by atoms with Crippen LogP contribution in [0.4, 0.5) is 0 Å². The molecule has 2 rings (SSSR count). The number of carbonyl (C=O) groups excluding carboxylic acids is 2. The maximum Gasteiger partial charge on any atom is 0.249 e. The normalized spacial score (nSPS) is 22.5. The maximum absolute atomic E-state index is 13.0. The fourth-order valence-corrected chi connectivity index (χ4v) is 3.00. The molecule has 4 heteroatoms. The fraction of sp³-hybridized carbons (Fsp3) is 0.611. The third kappa shape index (κ3) is 3.96. The highest BCUT2D eigenvalue weighted by Gasteiger charge is 2.34. The number of hydrogen-bond acceptors (Lipinski definition) is 3. The van der Waals surface area contributed by atoms with Crippen LogP contribution < -0.4 is 5.43 Å². The van der Waals surface area contributed by atoms with Gasteiger partial charge in [-0.2, -0.15) is 0 Å². The van der Waals surface area contributed by atoms with Gasteiger partial charge in [0.15, 0.2) is 0 Å². The van der Waals surface area contributed by atoms with E-state index >= 15 is 0 Å². The Bertz CT molecular complexity index is 516. The minimum absolute atomic E-state index is 0.0861. The lowest BCUT2D eigenvalue weighted by molar-refractivity contribution is -0.143. The van der Waals surface area contributed by atoms with Gasteiger partial charge in [-0.05, 0) is 39.7 Å². The molecule has 22 heavy (non-hydrogen) atoms. The number of rotatable bonds is 3. The van der Waals surface area contributed by atoms with E-state index in [9.17, 15) is 9.59 Å². The van der Waals surface area contributed by atoms with Crippen molar-refractivity contribution in [1.29, 1.82) is 0 Å². The monoisotopic (exact) mass is 302 g/mol. The topological polar surface area (TPSA) is 49.4 Å². The van der Waals surface area contributed by atoms with Gasteiger partial charge in [0, 0.05) is 6.04 Å². The Hall–Kier alpha value is -1.64. The van der Waals surface area contributed by atoms with Gasteiger partial charge >= 0.3 is 0 Å². The number of nitrogens with one attached hydrogen (secondary N) is 1. The first-order valence-corrected chi connectivity index (χ1v) is 8.13. The Morgan fingerprint density at radius 3 is 2.50 bits per heavy atom. The second-order valence-electron chi connectivity index (χ2n) is 7.09. The zero-order valence-electron chi connectivity index (χ0n) is 13.8. The van der Waals surface area contributed by atoms with Crippen LogP contribution in [0, 0.1) is 5.92 Å². The van der Waals surface area contributed by atoms with E-state index in [0.717, 1.165) is 12.8 Å². The van der Waals surface area contributed by atoms with Gasteiger partial charge in [-0.1, -0.05) is 37.5 Å². The molecule has 1 amide bonds. The number of amides is 1. The number of allylic oxidation sites excluding steroid dienone is 3. The molecule has 0 aromatic rings. The molecule has 0 heterocycles. The first kappa shape index (κ1) is 16.7. The Labute approximate surface area is 132 Å². The largest absolute Gasteiger partial charge is 0.272 e. The van der Waals surface area contributed by atoms with Crippen LogP contribution in [0.15, 0.2) is 29.9 Å². The summed E-state index contributed by atoms with van der Waals surface area (Å²) in [5.74, 6) is 1.27. The molecule has 0 spiro atoms. The van der Waals surface area contributed by atoms with E-state index in [-0.39, 0.29) is 11.4 Å². The van der Waals surface area contributed by atoms with Crippen LogP contribution in [0.5, 0.6) is 0 Å². The highest BCUT2D eigenvalue weighted by Crippen LogP contribution is 2.25. The summed E-state index contributed by atoms with van der Waals surface area (Å²) in [4.78, 5) is 24.1. The molecule has 1 atom stereocenters. The molecule has 0 saturated heterocycles. The lowest BCUT2D eigenvalue weighted by Crippen LogP contribution is -2.59. The second-order valence-corrected chi connectivity index (χ2v) is 7.09. The molecule has 4 nitrogen and oxygen atoms in total. The molecule has 0 aliphatic heterocycles. The van der Waals surface area contributed by atoms with Crippen LogP contribution in [0.2, 0.25) is 0 Å². The van der Waals surface area contributed by atoms with Gasteiger partial charge in [0.25, 0.3) is 0 Å². The molecule has 0 bridgehead atoms. The van der Waals surface area contributed by atoms with Crippen LogP contribution >= 0.6 is 0 Å². The fourth-order valence-electron chi connectivity index (χ4n) is 3.00. The smallest absolute Gasteiger partial charge is 0.249 e. The van der Waals surface area contributed by atoms with E-state index < -0.39 is 5.92 Å². The summed E-state index contributed by atoms with van der Waals surface area (Å²) >= 11 is 0. The minimum Gasteiger partial charge on any atom is -0.272 e. The van der Waals surface area contributed by atoms with E-state index in [0.29, 0.717) is 11.6 Å². The van der Waals surface area contributed by atoms with Crippen molar-refractivity contribution in [3.05, 3.63) is 29.9 Å². The number of hydrogen-bond donors (Lipinski definition) is 1. The predicted octanol–water partition coefficient (Wildman–Crippen LogP) is 2.95. The van der Waals surface area contributed by atoms with Gasteiger partial charge in [0.2, 0.25) is 5.91 Å². The standard InChI is InChI=1S/C18H26N2O2/c1-18(2,3)20(19-15-10-5-4-6-11-15)17(22)16-12-8-7-9-14(16)13-21/h7-9,12,15-16,19H,4-6,10-11H2,1-3H3. The highest BCUT2D eigenvalue weighted by atomic mass is 16.2. The van der Waals surface area contributed by atoms with Gasteiger partial charge in [-0.15, -0.1) is 0 Å². The molecule has 0 aromatic heterocycles. The molecular weight excluding hydrogens is 276 g/mol. The molecule has 0 aromatic carbocycles. The zero-order valence-corrected chi connectivity index (χ0v) is 13.8. The molecule has 1 unspecified atom stereocenters. The van der Waals surface area contributed by atoms with Crippen molar-refractivity contribution in [2.75, 3.05) is 0 Å². The third-order valence-electron chi connectivity index (χ3n) is 4.22. The SMILES string of the molecule is CC(C)(C)N(NC1CCCCC1)C(=O)C1C=CC=CC1=C=O. The molecule has 0 radical (unpaired) electrons. The van der Waals surface area contributed by atoms with Crippen molar-refractivity contribution in [2.24, 2.45) is 5.92 Å². The summed E-state index contributed by atoms with van der Waals surface area (Å²) in [5.41, 5.74) is 3.47. The summed E-state index contributed by atoms with van der Waals surface area (Å²) < 4.78 is 0. The van der Waals surface area contributed by atoms with E-state index in [1.54, 1.807) is 23.2 Å². The molecule has 1 fully saturated rings. The first-order chi connectivity index (χ1) is 10.4.